The van der Waals surface area contributed by atoms with Crippen LogP contribution in [-0.4, -0.2) is 64.7 Å². The van der Waals surface area contributed by atoms with Crippen molar-refractivity contribution in [3.05, 3.63) is 0 Å². The van der Waals surface area contributed by atoms with Gasteiger partial charge in [0.25, 0.3) is 0 Å². The van der Waals surface area contributed by atoms with Crippen molar-refractivity contribution in [2.24, 2.45) is 4.99 Å². The molecule has 1 aliphatic heterocycles. The van der Waals surface area contributed by atoms with Gasteiger partial charge in [0, 0.05) is 40.0 Å². The lowest BCUT2D eigenvalue weighted by atomic mass is 10.1. The van der Waals surface area contributed by atoms with Crippen LogP contribution in [0.1, 0.15) is 70.6 Å². The molecule has 1 heterocycles. The number of guanidine groups is 1. The molecule has 1 atom stereocenters. The van der Waals surface area contributed by atoms with E-state index in [1.54, 1.807) is 0 Å². The number of ether oxygens (including phenoxy) is 3. The van der Waals surface area contributed by atoms with Crippen LogP contribution in [0.2, 0.25) is 0 Å². The molecule has 1 aliphatic carbocycles. The van der Waals surface area contributed by atoms with Gasteiger partial charge in [-0.25, -0.2) is 0 Å². The van der Waals surface area contributed by atoms with E-state index in [0.29, 0.717) is 12.2 Å². The number of hydrogen-bond acceptors (Lipinski definition) is 4. The Hall–Kier alpha value is -0.850. The molecule has 1 unspecified atom stereocenters. The van der Waals surface area contributed by atoms with Crippen molar-refractivity contribution in [1.29, 1.82) is 0 Å². The van der Waals surface area contributed by atoms with Crippen molar-refractivity contribution in [3.63, 3.8) is 0 Å². The van der Waals surface area contributed by atoms with Crippen LogP contribution in [0, 0.1) is 0 Å². The summed E-state index contributed by atoms with van der Waals surface area (Å²) >= 11 is 0. The zero-order valence-corrected chi connectivity index (χ0v) is 17.3. The monoisotopic (exact) mass is 383 g/mol. The van der Waals surface area contributed by atoms with Crippen molar-refractivity contribution in [1.82, 2.24) is 10.6 Å². The summed E-state index contributed by atoms with van der Waals surface area (Å²) in [5.74, 6) is 0.874. The highest BCUT2D eigenvalue weighted by atomic mass is 16.5. The lowest BCUT2D eigenvalue weighted by molar-refractivity contribution is 0.0168. The van der Waals surface area contributed by atoms with Crippen LogP contribution in [0.15, 0.2) is 4.99 Å². The molecule has 0 aromatic rings. The van der Waals surface area contributed by atoms with Crippen molar-refractivity contribution >= 4 is 5.96 Å². The quantitative estimate of drug-likeness (QED) is 0.234. The Balaban J connectivity index is 1.37. The van der Waals surface area contributed by atoms with E-state index in [-0.39, 0.29) is 0 Å². The largest absolute Gasteiger partial charge is 0.379 e. The first kappa shape index (κ1) is 22.4. The minimum absolute atomic E-state index is 0.318. The zero-order chi connectivity index (χ0) is 19.0. The number of unbranched alkanes of at least 4 members (excludes halogenated alkanes) is 1. The van der Waals surface area contributed by atoms with Crippen LogP contribution in [0.25, 0.3) is 0 Å². The molecule has 2 N–H and O–H groups in total. The summed E-state index contributed by atoms with van der Waals surface area (Å²) in [4.78, 5) is 4.27. The molecule has 2 fully saturated rings. The lowest BCUT2D eigenvalue weighted by Gasteiger charge is -2.15. The number of rotatable bonds is 12. The van der Waals surface area contributed by atoms with Crippen LogP contribution in [-0.2, 0) is 14.2 Å². The van der Waals surface area contributed by atoms with E-state index in [9.17, 15) is 0 Å². The van der Waals surface area contributed by atoms with E-state index >= 15 is 0 Å². The van der Waals surface area contributed by atoms with Gasteiger partial charge in [0.2, 0.25) is 0 Å². The van der Waals surface area contributed by atoms with Crippen LogP contribution < -0.4 is 10.6 Å². The number of nitrogens with one attached hydrogen (secondary N) is 2. The Morgan fingerprint density at radius 3 is 2.41 bits per heavy atom. The fourth-order valence-electron chi connectivity index (χ4n) is 3.68. The van der Waals surface area contributed by atoms with Crippen LogP contribution in [0.4, 0.5) is 0 Å². The van der Waals surface area contributed by atoms with E-state index in [1.165, 1.54) is 44.9 Å². The Bertz CT molecular complexity index is 379. The summed E-state index contributed by atoms with van der Waals surface area (Å²) in [6, 6.07) is 0. The summed E-state index contributed by atoms with van der Waals surface area (Å²) < 4.78 is 17.3. The van der Waals surface area contributed by atoms with Gasteiger partial charge in [-0.05, 0) is 44.9 Å². The highest BCUT2D eigenvalue weighted by Crippen LogP contribution is 2.19. The third kappa shape index (κ3) is 10.9. The minimum Gasteiger partial charge on any atom is -0.379 e. The molecule has 6 heteroatoms. The molecule has 158 valence electrons. The summed E-state index contributed by atoms with van der Waals surface area (Å²) in [6.07, 6.45) is 14.3. The molecule has 2 rings (SSSR count). The molecule has 2 aliphatic rings. The van der Waals surface area contributed by atoms with E-state index < -0.39 is 0 Å². The second-order valence-corrected chi connectivity index (χ2v) is 7.68. The van der Waals surface area contributed by atoms with Gasteiger partial charge >= 0.3 is 0 Å². The van der Waals surface area contributed by atoms with Gasteiger partial charge in [-0.3, -0.25) is 4.99 Å². The zero-order valence-electron chi connectivity index (χ0n) is 17.3. The van der Waals surface area contributed by atoms with Gasteiger partial charge in [0.1, 0.15) is 0 Å². The van der Waals surface area contributed by atoms with E-state index in [1.807, 2.05) is 7.05 Å². The summed E-state index contributed by atoms with van der Waals surface area (Å²) in [5, 5.41) is 6.72. The topological polar surface area (TPSA) is 64.1 Å². The fraction of sp³-hybridized carbons (Fsp3) is 0.952. The lowest BCUT2D eigenvalue weighted by Crippen LogP contribution is -2.38. The fourth-order valence-corrected chi connectivity index (χ4v) is 3.68. The maximum Gasteiger partial charge on any atom is 0.190 e. The molecule has 0 amide bonds. The average molecular weight is 384 g/mol. The highest BCUT2D eigenvalue weighted by Gasteiger charge is 2.15. The predicted octanol–water partition coefficient (Wildman–Crippen LogP) is 3.26. The van der Waals surface area contributed by atoms with E-state index in [2.05, 4.69) is 15.6 Å². The highest BCUT2D eigenvalue weighted by molar-refractivity contribution is 5.79. The number of hydrogen-bond donors (Lipinski definition) is 2. The SMILES string of the molecule is CN=C(NCCCCOC1CCCCCC1)NCCCOCC1CCCO1. The molecule has 0 aromatic carbocycles. The van der Waals surface area contributed by atoms with Gasteiger partial charge < -0.3 is 24.8 Å². The molecular weight excluding hydrogens is 342 g/mol. The first-order valence-corrected chi connectivity index (χ1v) is 11.1. The maximum absolute atomic E-state index is 6.04. The van der Waals surface area contributed by atoms with Gasteiger partial charge in [0.15, 0.2) is 5.96 Å². The first-order valence-electron chi connectivity index (χ1n) is 11.1. The van der Waals surface area contributed by atoms with E-state index in [0.717, 1.165) is 71.2 Å². The van der Waals surface area contributed by atoms with Gasteiger partial charge in [-0.1, -0.05) is 25.7 Å². The number of aliphatic imine (C=N–C) groups is 1. The minimum atomic E-state index is 0.318. The Morgan fingerprint density at radius 1 is 0.926 bits per heavy atom. The molecule has 6 nitrogen and oxygen atoms in total. The average Bonchev–Trinajstić information content (AvgIpc) is 3.07. The second-order valence-electron chi connectivity index (χ2n) is 7.68. The first-order chi connectivity index (χ1) is 13.4. The number of nitrogens with zero attached hydrogens (tertiary/aromatic N) is 1. The summed E-state index contributed by atoms with van der Waals surface area (Å²) in [5.41, 5.74) is 0. The smallest absolute Gasteiger partial charge is 0.190 e. The molecule has 0 spiro atoms. The predicted molar refractivity (Wildman–Crippen MR) is 110 cm³/mol. The molecule has 0 aromatic heterocycles. The van der Waals surface area contributed by atoms with Crippen molar-refractivity contribution in [2.75, 3.05) is 46.6 Å². The molecule has 1 saturated heterocycles. The Kier molecular flexibility index (Phi) is 12.6. The van der Waals surface area contributed by atoms with Crippen molar-refractivity contribution in [2.45, 2.75) is 82.8 Å². The van der Waals surface area contributed by atoms with Gasteiger partial charge in [0.05, 0.1) is 18.8 Å². The Morgan fingerprint density at radius 2 is 1.70 bits per heavy atom. The third-order valence-corrected chi connectivity index (χ3v) is 5.33. The Labute approximate surface area is 165 Å². The molecule has 0 radical (unpaired) electrons. The van der Waals surface area contributed by atoms with Crippen LogP contribution >= 0.6 is 0 Å². The molecule has 27 heavy (non-hydrogen) atoms. The maximum atomic E-state index is 6.04. The van der Waals surface area contributed by atoms with Gasteiger partial charge in [-0.2, -0.15) is 0 Å². The summed E-state index contributed by atoms with van der Waals surface area (Å²) in [7, 11) is 1.82. The molecule has 1 saturated carbocycles. The van der Waals surface area contributed by atoms with Crippen LogP contribution in [0.3, 0.4) is 0 Å². The molecule has 0 bridgehead atoms. The normalized spacial score (nSPS) is 22.0. The van der Waals surface area contributed by atoms with Crippen LogP contribution in [0.5, 0.6) is 0 Å². The summed E-state index contributed by atoms with van der Waals surface area (Å²) in [6.45, 7) is 5.09. The standard InChI is InChI=1S/C21H41N3O3/c1-22-21(24-14-9-15-25-18-20-12-8-17-27-20)23-13-6-7-16-26-19-10-4-2-3-5-11-19/h19-20H,2-18H2,1H3,(H2,22,23,24). The van der Waals surface area contributed by atoms with Crippen molar-refractivity contribution in [3.8, 4) is 0 Å². The van der Waals surface area contributed by atoms with Crippen molar-refractivity contribution < 1.29 is 14.2 Å². The second kappa shape index (κ2) is 15.1. The molecular formula is C21H41N3O3. The van der Waals surface area contributed by atoms with Gasteiger partial charge in [-0.15, -0.1) is 0 Å². The van der Waals surface area contributed by atoms with E-state index in [4.69, 9.17) is 14.2 Å². The third-order valence-electron chi connectivity index (χ3n) is 5.33.